The first kappa shape index (κ1) is 17.3. The zero-order chi connectivity index (χ0) is 18.9. The van der Waals surface area contributed by atoms with E-state index in [9.17, 15) is 14.7 Å². The highest BCUT2D eigenvalue weighted by Gasteiger charge is 2.62. The minimum absolute atomic E-state index is 0.131. The number of hydrogen-bond acceptors (Lipinski definition) is 6. The van der Waals surface area contributed by atoms with Gasteiger partial charge in [-0.15, -0.1) is 0 Å². The Morgan fingerprint density at radius 2 is 1.62 bits per heavy atom. The summed E-state index contributed by atoms with van der Waals surface area (Å²) in [6.07, 6.45) is -0.171. The zero-order valence-corrected chi connectivity index (χ0v) is 15.5. The molecule has 1 aromatic rings. The molecule has 0 saturated carbocycles. The fraction of sp³-hybridized carbons (Fsp3) is 0.579. The SMILES string of the molecule is COc1ccc(C2N3CC4(C)CN2CC(C)(C3)C4=O)c(C(=O)O)c1OC. The molecule has 0 spiro atoms. The third kappa shape index (κ3) is 2.13. The van der Waals surface area contributed by atoms with E-state index >= 15 is 0 Å². The highest BCUT2D eigenvalue weighted by molar-refractivity contribution is 5.95. The van der Waals surface area contributed by atoms with Crippen LogP contribution in [0.15, 0.2) is 12.1 Å². The van der Waals surface area contributed by atoms with Crippen molar-refractivity contribution in [3.05, 3.63) is 23.3 Å². The molecule has 1 N–H and O–H groups in total. The van der Waals surface area contributed by atoms with Crippen LogP contribution in [0, 0.1) is 10.8 Å². The number of piperidine rings is 2. The molecule has 4 fully saturated rings. The number of hydrogen-bond donors (Lipinski definition) is 1. The Bertz CT molecular complexity index is 765. The second kappa shape index (κ2) is 5.44. The lowest BCUT2D eigenvalue weighted by molar-refractivity contribution is -0.197. The molecular weight excluding hydrogens is 336 g/mol. The summed E-state index contributed by atoms with van der Waals surface area (Å²) in [7, 11) is 2.94. The van der Waals surface area contributed by atoms with E-state index in [4.69, 9.17) is 9.47 Å². The molecule has 26 heavy (non-hydrogen) atoms. The molecule has 0 aliphatic carbocycles. The van der Waals surface area contributed by atoms with Crippen LogP contribution in [0.2, 0.25) is 0 Å². The number of carbonyl (C=O) groups excluding carboxylic acids is 1. The van der Waals surface area contributed by atoms with Crippen LogP contribution < -0.4 is 9.47 Å². The molecular formula is C19H24N2O5. The van der Waals surface area contributed by atoms with E-state index in [2.05, 4.69) is 9.80 Å². The molecule has 4 aliphatic rings. The Balaban J connectivity index is 1.83. The minimum Gasteiger partial charge on any atom is -0.493 e. The molecule has 0 aromatic heterocycles. The van der Waals surface area contributed by atoms with Gasteiger partial charge in [0.1, 0.15) is 11.3 Å². The third-order valence-corrected chi connectivity index (χ3v) is 6.07. The standard InChI is InChI=1S/C19H24N2O5/c1-18-7-20-9-19(2,17(18)24)10-21(8-18)15(20)11-5-6-12(25-3)14(26-4)13(11)16(22)23/h5-6,15H,7-10H2,1-4H3,(H,22,23). The molecule has 0 atom stereocenters. The summed E-state index contributed by atoms with van der Waals surface area (Å²) in [5.41, 5.74) is 0.0446. The number of nitrogens with zero attached hydrogens (tertiary/aromatic N) is 2. The zero-order valence-electron chi connectivity index (χ0n) is 15.5. The van der Waals surface area contributed by atoms with Crippen molar-refractivity contribution >= 4 is 11.8 Å². The third-order valence-electron chi connectivity index (χ3n) is 6.07. The Hall–Kier alpha value is -2.12. The minimum atomic E-state index is -1.04. The van der Waals surface area contributed by atoms with Crippen LogP contribution in [-0.2, 0) is 4.79 Å². The van der Waals surface area contributed by atoms with Crippen molar-refractivity contribution in [3.63, 3.8) is 0 Å². The maximum atomic E-state index is 12.8. The summed E-state index contributed by atoms with van der Waals surface area (Å²) in [5, 5.41) is 9.87. The van der Waals surface area contributed by atoms with Crippen molar-refractivity contribution in [2.24, 2.45) is 10.8 Å². The number of ether oxygens (including phenoxy) is 2. The predicted octanol–water partition coefficient (Wildman–Crippen LogP) is 1.63. The predicted molar refractivity (Wildman–Crippen MR) is 93.6 cm³/mol. The van der Waals surface area contributed by atoms with Crippen molar-refractivity contribution in [1.82, 2.24) is 9.80 Å². The number of aromatic carboxylic acids is 1. The molecule has 4 aliphatic heterocycles. The molecule has 140 valence electrons. The van der Waals surface area contributed by atoms with Gasteiger partial charge in [0.2, 0.25) is 0 Å². The number of benzene rings is 1. The first-order valence-corrected chi connectivity index (χ1v) is 8.75. The molecule has 0 radical (unpaired) electrons. The molecule has 4 heterocycles. The second-order valence-electron chi connectivity index (χ2n) is 8.20. The van der Waals surface area contributed by atoms with Crippen LogP contribution >= 0.6 is 0 Å². The topological polar surface area (TPSA) is 79.3 Å². The Labute approximate surface area is 152 Å². The van der Waals surface area contributed by atoms with Crippen LogP contribution in [0.1, 0.15) is 35.9 Å². The van der Waals surface area contributed by atoms with E-state index in [0.717, 1.165) is 0 Å². The van der Waals surface area contributed by atoms with Crippen molar-refractivity contribution in [2.75, 3.05) is 40.4 Å². The van der Waals surface area contributed by atoms with Crippen molar-refractivity contribution in [1.29, 1.82) is 0 Å². The fourth-order valence-corrected chi connectivity index (χ4v) is 5.37. The quantitative estimate of drug-likeness (QED) is 0.874. The summed E-state index contributed by atoms with van der Waals surface area (Å²) < 4.78 is 10.6. The molecule has 0 unspecified atom stereocenters. The van der Waals surface area contributed by atoms with Gasteiger partial charge in [0.15, 0.2) is 11.5 Å². The first-order chi connectivity index (χ1) is 12.2. The number of Topliss-reactive ketones (excluding diaryl/α,β-unsaturated/α-hetero) is 1. The van der Waals surface area contributed by atoms with E-state index in [0.29, 0.717) is 43.3 Å². The lowest BCUT2D eigenvalue weighted by atomic mass is 9.61. The van der Waals surface area contributed by atoms with E-state index in [-0.39, 0.29) is 28.3 Å². The van der Waals surface area contributed by atoms with Gasteiger partial charge in [-0.3, -0.25) is 14.6 Å². The normalized spacial score (nSPS) is 37.7. The monoisotopic (exact) mass is 360 g/mol. The van der Waals surface area contributed by atoms with Gasteiger partial charge in [0.25, 0.3) is 0 Å². The number of rotatable bonds is 4. The van der Waals surface area contributed by atoms with Crippen LogP contribution in [0.25, 0.3) is 0 Å². The van der Waals surface area contributed by atoms with Crippen molar-refractivity contribution in [3.8, 4) is 11.5 Å². The lowest BCUT2D eigenvalue weighted by Gasteiger charge is -2.64. The van der Waals surface area contributed by atoms with Gasteiger partial charge >= 0.3 is 5.97 Å². The van der Waals surface area contributed by atoms with Gasteiger partial charge in [-0.2, -0.15) is 0 Å². The number of carbonyl (C=O) groups is 2. The van der Waals surface area contributed by atoms with Gasteiger partial charge < -0.3 is 14.6 Å². The number of methoxy groups -OCH3 is 2. The fourth-order valence-electron chi connectivity index (χ4n) is 5.37. The number of carboxylic acids is 1. The lowest BCUT2D eigenvalue weighted by Crippen LogP contribution is -2.75. The Morgan fingerprint density at radius 3 is 2.04 bits per heavy atom. The molecule has 5 rings (SSSR count). The molecule has 4 saturated heterocycles. The van der Waals surface area contributed by atoms with Gasteiger partial charge in [-0.1, -0.05) is 19.9 Å². The van der Waals surface area contributed by atoms with Crippen LogP contribution in [0.5, 0.6) is 11.5 Å². The van der Waals surface area contributed by atoms with Gasteiger partial charge in [0, 0.05) is 31.7 Å². The van der Waals surface area contributed by atoms with E-state index < -0.39 is 5.97 Å². The van der Waals surface area contributed by atoms with Crippen LogP contribution in [0.3, 0.4) is 0 Å². The molecule has 7 nitrogen and oxygen atoms in total. The Kier molecular flexibility index (Phi) is 3.62. The van der Waals surface area contributed by atoms with Crippen LogP contribution in [0.4, 0.5) is 0 Å². The second-order valence-corrected chi connectivity index (χ2v) is 8.20. The number of ketones is 1. The molecule has 0 amide bonds. The summed E-state index contributed by atoms with van der Waals surface area (Å²) in [5.74, 6) is -0.0686. The highest BCUT2D eigenvalue weighted by atomic mass is 16.5. The van der Waals surface area contributed by atoms with E-state index in [1.165, 1.54) is 14.2 Å². The van der Waals surface area contributed by atoms with E-state index in [1.54, 1.807) is 6.07 Å². The largest absolute Gasteiger partial charge is 0.493 e. The molecule has 7 heteroatoms. The summed E-state index contributed by atoms with van der Waals surface area (Å²) in [6.45, 7) is 6.64. The highest BCUT2D eigenvalue weighted by Crippen LogP contribution is 2.53. The van der Waals surface area contributed by atoms with Gasteiger partial charge in [-0.25, -0.2) is 4.79 Å². The van der Waals surface area contributed by atoms with Crippen molar-refractivity contribution < 1.29 is 24.2 Å². The van der Waals surface area contributed by atoms with Crippen molar-refractivity contribution in [2.45, 2.75) is 20.0 Å². The van der Waals surface area contributed by atoms with E-state index in [1.807, 2.05) is 19.9 Å². The summed E-state index contributed by atoms with van der Waals surface area (Å²) >= 11 is 0. The average Bonchev–Trinajstić information content (AvgIpc) is 2.57. The van der Waals surface area contributed by atoms with Gasteiger partial charge in [-0.05, 0) is 6.07 Å². The van der Waals surface area contributed by atoms with Crippen LogP contribution in [-0.4, -0.2) is 67.1 Å². The summed E-state index contributed by atoms with van der Waals surface area (Å²) in [6, 6.07) is 3.56. The maximum Gasteiger partial charge on any atom is 0.340 e. The Morgan fingerprint density at radius 1 is 1.08 bits per heavy atom. The first-order valence-electron chi connectivity index (χ1n) is 8.75. The number of carboxylic acid groups (broad SMARTS) is 1. The van der Waals surface area contributed by atoms with Gasteiger partial charge in [0.05, 0.1) is 31.2 Å². The smallest absolute Gasteiger partial charge is 0.340 e. The molecule has 4 bridgehead atoms. The summed E-state index contributed by atoms with van der Waals surface area (Å²) in [4.78, 5) is 29.4. The maximum absolute atomic E-state index is 12.8. The molecule has 1 aromatic carbocycles. The average molecular weight is 360 g/mol.